The van der Waals surface area contributed by atoms with Crippen LogP contribution in [0.5, 0.6) is 0 Å². The molecule has 0 atom stereocenters. The van der Waals surface area contributed by atoms with E-state index in [1.54, 1.807) is 24.7 Å². The Hall–Kier alpha value is -3.06. The number of rotatable bonds is 4. The summed E-state index contributed by atoms with van der Waals surface area (Å²) in [7, 11) is 0. The van der Waals surface area contributed by atoms with Crippen molar-refractivity contribution in [3.63, 3.8) is 0 Å². The van der Waals surface area contributed by atoms with Gasteiger partial charge in [-0.25, -0.2) is 9.97 Å². The number of pyridine rings is 3. The summed E-state index contributed by atoms with van der Waals surface area (Å²) in [5, 5.41) is 3.80. The Bertz CT molecular complexity index is 1120. The fraction of sp³-hybridized carbons (Fsp3) is 0.100. The first-order chi connectivity index (χ1) is 13.1. The van der Waals surface area contributed by atoms with E-state index in [1.807, 2.05) is 48.0 Å². The molecule has 1 N–H and O–H groups in total. The van der Waals surface area contributed by atoms with Gasteiger partial charge in [-0.15, -0.1) is 0 Å². The lowest BCUT2D eigenvalue weighted by Gasteiger charge is -2.08. The van der Waals surface area contributed by atoms with Crippen LogP contribution in [0.25, 0.3) is 22.2 Å². The number of anilines is 1. The Balaban J connectivity index is 1.61. The Morgan fingerprint density at radius 2 is 1.96 bits per heavy atom. The first-order valence-electron chi connectivity index (χ1n) is 8.38. The van der Waals surface area contributed by atoms with Crippen molar-refractivity contribution in [2.75, 3.05) is 5.32 Å². The maximum absolute atomic E-state index is 12.4. The van der Waals surface area contributed by atoms with Gasteiger partial charge in [-0.05, 0) is 70.4 Å². The number of carbonyl (C=O) groups is 1. The molecule has 1 amide bonds. The Labute approximate surface area is 164 Å². The zero-order valence-corrected chi connectivity index (χ0v) is 16.1. The van der Waals surface area contributed by atoms with Crippen LogP contribution in [0.15, 0.2) is 65.7 Å². The molecular formula is C20H16BrN5O. The molecule has 6 nitrogen and oxygen atoms in total. The highest BCUT2D eigenvalue weighted by Gasteiger charge is 2.12. The van der Waals surface area contributed by atoms with Crippen LogP contribution in [0, 0.1) is 6.92 Å². The molecular weight excluding hydrogens is 406 g/mol. The number of halogens is 1. The van der Waals surface area contributed by atoms with E-state index in [0.29, 0.717) is 5.82 Å². The molecule has 0 aliphatic rings. The number of aromatic nitrogens is 4. The topological polar surface area (TPSA) is 72.7 Å². The van der Waals surface area contributed by atoms with Crippen molar-refractivity contribution < 1.29 is 4.79 Å². The zero-order valence-electron chi connectivity index (χ0n) is 14.6. The summed E-state index contributed by atoms with van der Waals surface area (Å²) in [5.74, 6) is 0.356. The number of fused-ring (bicyclic) bond motifs is 1. The maximum atomic E-state index is 12.4. The van der Waals surface area contributed by atoms with Crippen molar-refractivity contribution in [3.8, 4) is 11.1 Å². The summed E-state index contributed by atoms with van der Waals surface area (Å²) < 4.78 is 2.70. The third-order valence-electron chi connectivity index (χ3n) is 4.18. The molecule has 0 aromatic carbocycles. The van der Waals surface area contributed by atoms with E-state index < -0.39 is 0 Å². The lowest BCUT2D eigenvalue weighted by molar-refractivity contribution is -0.116. The van der Waals surface area contributed by atoms with Crippen LogP contribution >= 0.6 is 15.9 Å². The average molecular weight is 422 g/mol. The van der Waals surface area contributed by atoms with Gasteiger partial charge in [0.1, 0.15) is 18.0 Å². The molecule has 0 fully saturated rings. The molecule has 0 radical (unpaired) electrons. The normalized spacial score (nSPS) is 10.9. The van der Waals surface area contributed by atoms with Gasteiger partial charge in [-0.2, -0.15) is 0 Å². The number of hydrogen-bond acceptors (Lipinski definition) is 4. The molecule has 0 unspecified atom stereocenters. The van der Waals surface area contributed by atoms with Gasteiger partial charge in [0.25, 0.3) is 0 Å². The van der Waals surface area contributed by atoms with E-state index in [0.717, 1.165) is 32.3 Å². The minimum Gasteiger partial charge on any atom is -0.323 e. The second-order valence-electron chi connectivity index (χ2n) is 6.14. The molecule has 4 aromatic rings. The van der Waals surface area contributed by atoms with E-state index in [4.69, 9.17) is 0 Å². The molecule has 27 heavy (non-hydrogen) atoms. The smallest absolute Gasteiger partial charge is 0.245 e. The fourth-order valence-electron chi connectivity index (χ4n) is 2.97. The van der Waals surface area contributed by atoms with Gasteiger partial charge in [-0.3, -0.25) is 9.78 Å². The lowest BCUT2D eigenvalue weighted by Crippen LogP contribution is -2.19. The third-order valence-corrected chi connectivity index (χ3v) is 4.65. The summed E-state index contributed by atoms with van der Waals surface area (Å²) in [4.78, 5) is 25.3. The summed E-state index contributed by atoms with van der Waals surface area (Å²) in [6.07, 6.45) is 7.08. The molecule has 0 saturated heterocycles. The minimum atomic E-state index is -0.158. The summed E-state index contributed by atoms with van der Waals surface area (Å²) in [6, 6.07) is 11.6. The van der Waals surface area contributed by atoms with E-state index in [-0.39, 0.29) is 12.5 Å². The summed E-state index contributed by atoms with van der Waals surface area (Å²) in [6.45, 7) is 2.13. The van der Waals surface area contributed by atoms with Crippen molar-refractivity contribution in [2.24, 2.45) is 0 Å². The lowest BCUT2D eigenvalue weighted by atomic mass is 10.0. The third kappa shape index (κ3) is 3.73. The summed E-state index contributed by atoms with van der Waals surface area (Å²) >= 11 is 3.33. The number of nitrogens with one attached hydrogen (secondary N) is 1. The van der Waals surface area contributed by atoms with Crippen molar-refractivity contribution in [1.82, 2.24) is 19.5 Å². The minimum absolute atomic E-state index is 0.158. The molecule has 0 spiro atoms. The Morgan fingerprint density at radius 3 is 2.74 bits per heavy atom. The number of hydrogen-bond donors (Lipinski definition) is 1. The number of carbonyl (C=O) groups excluding carboxylic acids is 1. The Morgan fingerprint density at radius 1 is 1.11 bits per heavy atom. The maximum Gasteiger partial charge on any atom is 0.245 e. The van der Waals surface area contributed by atoms with Crippen LogP contribution in [0.2, 0.25) is 0 Å². The molecule has 4 heterocycles. The molecule has 134 valence electrons. The van der Waals surface area contributed by atoms with E-state index in [9.17, 15) is 4.79 Å². The van der Waals surface area contributed by atoms with Crippen LogP contribution in [-0.4, -0.2) is 25.4 Å². The zero-order chi connectivity index (χ0) is 18.8. The van der Waals surface area contributed by atoms with Crippen LogP contribution < -0.4 is 5.32 Å². The van der Waals surface area contributed by atoms with Gasteiger partial charge in [0, 0.05) is 40.3 Å². The van der Waals surface area contributed by atoms with Crippen LogP contribution in [-0.2, 0) is 11.3 Å². The van der Waals surface area contributed by atoms with Crippen LogP contribution in [0.3, 0.4) is 0 Å². The molecule has 4 rings (SSSR count). The molecule has 0 aliphatic carbocycles. The second kappa shape index (κ2) is 7.28. The fourth-order valence-corrected chi connectivity index (χ4v) is 3.20. The van der Waals surface area contributed by atoms with Gasteiger partial charge in [-0.1, -0.05) is 0 Å². The van der Waals surface area contributed by atoms with Crippen molar-refractivity contribution in [1.29, 1.82) is 0 Å². The van der Waals surface area contributed by atoms with Gasteiger partial charge in [0.15, 0.2) is 0 Å². The molecule has 0 bridgehead atoms. The highest BCUT2D eigenvalue weighted by molar-refractivity contribution is 9.10. The van der Waals surface area contributed by atoms with E-state index in [2.05, 4.69) is 36.2 Å². The van der Waals surface area contributed by atoms with Crippen molar-refractivity contribution >= 4 is 38.7 Å². The van der Waals surface area contributed by atoms with Gasteiger partial charge < -0.3 is 9.88 Å². The quantitative estimate of drug-likeness (QED) is 0.535. The molecule has 7 heteroatoms. The van der Waals surface area contributed by atoms with Crippen LogP contribution in [0.1, 0.15) is 5.69 Å². The first-order valence-corrected chi connectivity index (χ1v) is 9.18. The highest BCUT2D eigenvalue weighted by Crippen LogP contribution is 2.28. The number of aryl methyl sites for hydroxylation is 1. The predicted octanol–water partition coefficient (Wildman–Crippen LogP) is 4.20. The Kier molecular flexibility index (Phi) is 4.68. The average Bonchev–Trinajstić information content (AvgIpc) is 3.06. The van der Waals surface area contributed by atoms with Crippen LogP contribution in [0.4, 0.5) is 5.82 Å². The molecule has 4 aromatic heterocycles. The highest BCUT2D eigenvalue weighted by atomic mass is 79.9. The van der Waals surface area contributed by atoms with E-state index >= 15 is 0 Å². The number of nitrogens with zero attached hydrogens (tertiary/aromatic N) is 4. The molecule has 0 aliphatic heterocycles. The largest absolute Gasteiger partial charge is 0.323 e. The standard InChI is InChI=1S/C20H16BrN5O/c1-13-10-14(4-7-22-13)16-5-8-23-20-17(16)6-9-26(20)12-19(27)25-18-3-2-15(21)11-24-18/h2-11H,12H2,1H3,(H,24,25,27). The summed E-state index contributed by atoms with van der Waals surface area (Å²) in [5.41, 5.74) is 3.87. The van der Waals surface area contributed by atoms with Crippen molar-refractivity contribution in [3.05, 3.63) is 71.4 Å². The van der Waals surface area contributed by atoms with Gasteiger partial charge >= 0.3 is 0 Å². The second-order valence-corrected chi connectivity index (χ2v) is 7.05. The monoisotopic (exact) mass is 421 g/mol. The number of amides is 1. The van der Waals surface area contributed by atoms with Gasteiger partial charge in [0.2, 0.25) is 5.91 Å². The first kappa shape index (κ1) is 17.4. The predicted molar refractivity (Wildman–Crippen MR) is 108 cm³/mol. The van der Waals surface area contributed by atoms with E-state index in [1.165, 1.54) is 0 Å². The SMILES string of the molecule is Cc1cc(-c2ccnc3c2ccn3CC(=O)Nc2ccc(Br)cn2)ccn1. The van der Waals surface area contributed by atoms with Gasteiger partial charge in [0.05, 0.1) is 0 Å². The van der Waals surface area contributed by atoms with Crippen molar-refractivity contribution in [2.45, 2.75) is 13.5 Å². The molecule has 0 saturated carbocycles.